The summed E-state index contributed by atoms with van der Waals surface area (Å²) in [4.78, 5) is 2.25. The Balaban J connectivity index is 0.00000425. The Hall–Kier alpha value is -1.90. The maximum absolute atomic E-state index is 3.70. The first-order valence-electron chi connectivity index (χ1n) is 19.5. The van der Waals surface area contributed by atoms with Crippen LogP contribution in [0.2, 0.25) is 0 Å². The zero-order valence-corrected chi connectivity index (χ0v) is 37.1. The number of halogens is 1. The van der Waals surface area contributed by atoms with Crippen LogP contribution in [0.5, 0.6) is 0 Å². The molecule has 3 aromatic carbocycles. The minimum absolute atomic E-state index is 0.00244. The zero-order chi connectivity index (χ0) is 38.2. The van der Waals surface area contributed by atoms with Gasteiger partial charge < -0.3 is 4.90 Å². The maximum Gasteiger partial charge on any atom is 0.0283 e. The van der Waals surface area contributed by atoms with Crippen LogP contribution in [0.1, 0.15) is 161 Å². The molecule has 2 heteroatoms. The molecule has 0 aliphatic rings. The Bertz CT molecular complexity index is 1400. The van der Waals surface area contributed by atoms with E-state index in [-0.39, 0.29) is 21.7 Å². The largest absolute Gasteiger partial charge is 0.305 e. The van der Waals surface area contributed by atoms with Crippen LogP contribution in [0.15, 0.2) is 72.8 Å². The van der Waals surface area contributed by atoms with Crippen molar-refractivity contribution < 1.29 is 0 Å². The van der Waals surface area contributed by atoms with Crippen molar-refractivity contribution in [2.45, 2.75) is 146 Å². The second-order valence-corrected chi connectivity index (χ2v) is 19.6. The standard InChI is InChI=1S/C46H70BrN.C2H6/c1-32-16-22-38(23-17-32)41(29-43(4,5)6)45(10,11)46(12,13)42(39-26-18-35(30-47)19-27-39)34(3)33(2)28-40(44(7,8)9)37-24-20-36(21-25-37)31-48(14)15;1-2/h16-27,33-34,40-42H,28-31H2,1-15H3;1-2H3. The first-order chi connectivity index (χ1) is 23.1. The van der Waals surface area contributed by atoms with Gasteiger partial charge in [-0.15, -0.1) is 0 Å². The Labute approximate surface area is 319 Å². The molecule has 5 unspecified atom stereocenters. The van der Waals surface area contributed by atoms with Crippen LogP contribution >= 0.6 is 15.9 Å². The van der Waals surface area contributed by atoms with Crippen LogP contribution in [0, 0.1) is 40.4 Å². The van der Waals surface area contributed by atoms with Gasteiger partial charge in [-0.3, -0.25) is 0 Å². The molecule has 0 amide bonds. The van der Waals surface area contributed by atoms with Gasteiger partial charge in [0.05, 0.1) is 0 Å². The van der Waals surface area contributed by atoms with Gasteiger partial charge in [0, 0.05) is 11.9 Å². The Morgan fingerprint density at radius 2 is 1.04 bits per heavy atom. The third-order valence-electron chi connectivity index (χ3n) is 12.1. The van der Waals surface area contributed by atoms with Crippen molar-refractivity contribution in [3.05, 3.63) is 106 Å². The van der Waals surface area contributed by atoms with Crippen molar-refractivity contribution in [2.24, 2.45) is 33.5 Å². The van der Waals surface area contributed by atoms with E-state index in [0.717, 1.165) is 18.3 Å². The number of hydrogen-bond donors (Lipinski definition) is 0. The van der Waals surface area contributed by atoms with Gasteiger partial charge in [-0.1, -0.05) is 191 Å². The zero-order valence-electron chi connectivity index (χ0n) is 35.5. The minimum Gasteiger partial charge on any atom is -0.305 e. The molecule has 0 spiro atoms. The molecule has 3 aromatic rings. The lowest BCUT2D eigenvalue weighted by Crippen LogP contribution is -2.46. The van der Waals surface area contributed by atoms with Gasteiger partial charge in [-0.25, -0.2) is 0 Å². The average molecular weight is 747 g/mol. The molecule has 50 heavy (non-hydrogen) atoms. The monoisotopic (exact) mass is 746 g/mol. The molecule has 0 fully saturated rings. The molecule has 0 aromatic heterocycles. The van der Waals surface area contributed by atoms with Gasteiger partial charge in [-0.2, -0.15) is 0 Å². The Morgan fingerprint density at radius 3 is 1.48 bits per heavy atom. The predicted octanol–water partition coefficient (Wildman–Crippen LogP) is 14.8. The van der Waals surface area contributed by atoms with E-state index < -0.39 is 0 Å². The summed E-state index contributed by atoms with van der Waals surface area (Å²) in [6, 6.07) is 28.5. The number of alkyl halides is 1. The highest BCUT2D eigenvalue weighted by atomic mass is 79.9. The van der Waals surface area contributed by atoms with Gasteiger partial charge in [-0.05, 0) is 113 Å². The first kappa shape index (κ1) is 44.3. The lowest BCUT2D eigenvalue weighted by Gasteiger charge is -2.55. The van der Waals surface area contributed by atoms with E-state index in [1.807, 2.05) is 13.8 Å². The summed E-state index contributed by atoms with van der Waals surface area (Å²) in [5.41, 5.74) is 8.90. The van der Waals surface area contributed by atoms with Crippen LogP contribution in [0.25, 0.3) is 0 Å². The summed E-state index contributed by atoms with van der Waals surface area (Å²) >= 11 is 3.70. The van der Waals surface area contributed by atoms with Crippen molar-refractivity contribution in [1.82, 2.24) is 4.90 Å². The maximum atomic E-state index is 3.70. The van der Waals surface area contributed by atoms with E-state index in [2.05, 4.69) is 198 Å². The summed E-state index contributed by atoms with van der Waals surface area (Å²) in [5.74, 6) is 2.33. The summed E-state index contributed by atoms with van der Waals surface area (Å²) in [6.07, 6.45) is 2.33. The highest BCUT2D eigenvalue weighted by molar-refractivity contribution is 9.08. The van der Waals surface area contributed by atoms with Gasteiger partial charge in [0.1, 0.15) is 0 Å². The average Bonchev–Trinajstić information content (AvgIpc) is 3.03. The van der Waals surface area contributed by atoms with E-state index in [0.29, 0.717) is 29.6 Å². The Kier molecular flexibility index (Phi) is 16.1. The van der Waals surface area contributed by atoms with Gasteiger partial charge in [0.2, 0.25) is 0 Å². The molecule has 280 valence electrons. The number of aryl methyl sites for hydroxylation is 1. The molecular formula is C48H76BrN. The smallest absolute Gasteiger partial charge is 0.0283 e. The van der Waals surface area contributed by atoms with Crippen LogP contribution < -0.4 is 0 Å². The second kappa shape index (κ2) is 18.2. The van der Waals surface area contributed by atoms with Crippen molar-refractivity contribution in [2.75, 3.05) is 14.1 Å². The van der Waals surface area contributed by atoms with E-state index in [1.165, 1.54) is 39.8 Å². The molecule has 3 rings (SSSR count). The fourth-order valence-corrected chi connectivity index (χ4v) is 8.74. The predicted molar refractivity (Wildman–Crippen MR) is 228 cm³/mol. The SMILES string of the molecule is CC.Cc1ccc(C(CC(C)(C)C)C(C)(C)C(C)(C)C(c2ccc(CBr)cc2)C(C)C(C)CC(c2ccc(CN(C)C)cc2)C(C)(C)C)cc1. The highest BCUT2D eigenvalue weighted by Gasteiger charge is 2.51. The summed E-state index contributed by atoms with van der Waals surface area (Å²) in [7, 11) is 4.29. The number of benzene rings is 3. The summed E-state index contributed by atoms with van der Waals surface area (Å²) in [5, 5.41) is 0.889. The highest BCUT2D eigenvalue weighted by Crippen LogP contribution is 2.61. The normalized spacial score (nSPS) is 15.9. The van der Waals surface area contributed by atoms with E-state index in [9.17, 15) is 0 Å². The third-order valence-corrected chi connectivity index (χ3v) is 12.7. The number of nitrogens with zero attached hydrogens (tertiary/aromatic N) is 1. The van der Waals surface area contributed by atoms with Gasteiger partial charge >= 0.3 is 0 Å². The van der Waals surface area contributed by atoms with E-state index >= 15 is 0 Å². The van der Waals surface area contributed by atoms with E-state index in [1.54, 1.807) is 0 Å². The van der Waals surface area contributed by atoms with Crippen molar-refractivity contribution >= 4 is 15.9 Å². The van der Waals surface area contributed by atoms with Crippen molar-refractivity contribution in [1.29, 1.82) is 0 Å². The lowest BCUT2D eigenvalue weighted by atomic mass is 9.49. The van der Waals surface area contributed by atoms with Crippen LogP contribution in [-0.4, -0.2) is 19.0 Å². The van der Waals surface area contributed by atoms with Crippen LogP contribution in [0.4, 0.5) is 0 Å². The molecular weight excluding hydrogens is 670 g/mol. The van der Waals surface area contributed by atoms with Crippen LogP contribution in [-0.2, 0) is 11.9 Å². The van der Waals surface area contributed by atoms with Gasteiger partial charge in [0.15, 0.2) is 0 Å². The molecule has 0 aliphatic carbocycles. The van der Waals surface area contributed by atoms with E-state index in [4.69, 9.17) is 0 Å². The number of hydrogen-bond acceptors (Lipinski definition) is 1. The summed E-state index contributed by atoms with van der Waals surface area (Å²) in [6.45, 7) is 37.2. The molecule has 0 radical (unpaired) electrons. The fraction of sp³-hybridized carbons (Fsp3) is 0.625. The first-order valence-corrected chi connectivity index (χ1v) is 20.7. The topological polar surface area (TPSA) is 3.24 Å². The molecule has 0 saturated carbocycles. The summed E-state index contributed by atoms with van der Waals surface area (Å²) < 4.78 is 0. The van der Waals surface area contributed by atoms with Crippen LogP contribution in [0.3, 0.4) is 0 Å². The lowest BCUT2D eigenvalue weighted by molar-refractivity contribution is 0.00385. The molecule has 1 nitrogen and oxygen atoms in total. The molecule has 0 saturated heterocycles. The Morgan fingerprint density at radius 1 is 0.600 bits per heavy atom. The third kappa shape index (κ3) is 11.6. The molecule has 0 bridgehead atoms. The minimum atomic E-state index is 0.00244. The quantitative estimate of drug-likeness (QED) is 0.149. The van der Waals surface area contributed by atoms with Gasteiger partial charge in [0.25, 0.3) is 0 Å². The molecule has 0 N–H and O–H groups in total. The number of rotatable bonds is 14. The molecule has 0 aliphatic heterocycles. The fourth-order valence-electron chi connectivity index (χ4n) is 8.37. The molecule has 5 atom stereocenters. The second-order valence-electron chi connectivity index (χ2n) is 19.0. The molecule has 0 heterocycles. The van der Waals surface area contributed by atoms with Crippen molar-refractivity contribution in [3.8, 4) is 0 Å². The van der Waals surface area contributed by atoms with Crippen molar-refractivity contribution in [3.63, 3.8) is 0 Å².